The summed E-state index contributed by atoms with van der Waals surface area (Å²) in [5.41, 5.74) is 4.43. The molecule has 0 heterocycles. The van der Waals surface area contributed by atoms with Crippen LogP contribution in [-0.4, -0.2) is 39.8 Å². The van der Waals surface area contributed by atoms with Gasteiger partial charge in [-0.1, -0.05) is 30.7 Å². The molecule has 0 aliphatic carbocycles. The van der Waals surface area contributed by atoms with Crippen molar-refractivity contribution in [1.82, 2.24) is 9.62 Å². The Kier molecular flexibility index (Phi) is 6.85. The predicted molar refractivity (Wildman–Crippen MR) is 114 cm³/mol. The zero-order valence-electron chi connectivity index (χ0n) is 17.4. The lowest BCUT2D eigenvalue weighted by molar-refractivity contribution is 0.0935. The number of aryl methyl sites for hydroxylation is 2. The van der Waals surface area contributed by atoms with Gasteiger partial charge in [0.1, 0.15) is 0 Å². The molecule has 7 heteroatoms. The first kappa shape index (κ1) is 21.9. The minimum atomic E-state index is -3.56. The van der Waals surface area contributed by atoms with Crippen molar-refractivity contribution < 1.29 is 13.2 Å². The minimum Gasteiger partial charge on any atom is -0.345 e. The zero-order chi connectivity index (χ0) is 21.1. The monoisotopic (exact) mass is 403 g/mol. The molecule has 28 heavy (non-hydrogen) atoms. The summed E-state index contributed by atoms with van der Waals surface area (Å²) in [5.74, 6) is -0.184. The molecule has 2 rings (SSSR count). The van der Waals surface area contributed by atoms with E-state index in [1.54, 1.807) is 24.3 Å². The summed E-state index contributed by atoms with van der Waals surface area (Å²) >= 11 is 0. The summed E-state index contributed by atoms with van der Waals surface area (Å²) in [6.45, 7) is 6.13. The van der Waals surface area contributed by atoms with E-state index in [-0.39, 0.29) is 11.9 Å². The third-order valence-corrected chi connectivity index (χ3v) is 6.64. The number of benzene rings is 2. The Balaban J connectivity index is 2.18. The Morgan fingerprint density at radius 2 is 1.64 bits per heavy atom. The van der Waals surface area contributed by atoms with E-state index in [4.69, 9.17) is 0 Å². The standard InChI is InChI=1S/C21H29N3O3S/c1-7-20(19-13-8-15(2)14-16(19)3)22-21(25)17-9-11-18(12-10-17)24(6)28(26,27)23(4)5/h8-14,20H,7H2,1-6H3,(H,22,25)/t20-/m1/s1. The van der Waals surface area contributed by atoms with Crippen LogP contribution in [0.25, 0.3) is 0 Å². The van der Waals surface area contributed by atoms with E-state index >= 15 is 0 Å². The molecule has 1 N–H and O–H groups in total. The number of rotatable bonds is 7. The van der Waals surface area contributed by atoms with Crippen molar-refractivity contribution in [2.45, 2.75) is 33.2 Å². The van der Waals surface area contributed by atoms with E-state index in [0.717, 1.165) is 21.9 Å². The van der Waals surface area contributed by atoms with Crippen molar-refractivity contribution in [1.29, 1.82) is 0 Å². The molecule has 0 aliphatic rings. The van der Waals surface area contributed by atoms with Gasteiger partial charge in [0.05, 0.1) is 11.7 Å². The van der Waals surface area contributed by atoms with Crippen LogP contribution in [0.4, 0.5) is 5.69 Å². The summed E-state index contributed by atoms with van der Waals surface area (Å²) < 4.78 is 26.8. The van der Waals surface area contributed by atoms with Crippen LogP contribution in [0, 0.1) is 13.8 Å². The van der Waals surface area contributed by atoms with E-state index in [1.165, 1.54) is 31.0 Å². The molecule has 2 aromatic rings. The first-order chi connectivity index (χ1) is 13.1. The highest BCUT2D eigenvalue weighted by atomic mass is 32.2. The van der Waals surface area contributed by atoms with Gasteiger partial charge in [0, 0.05) is 26.7 Å². The highest BCUT2D eigenvalue weighted by Gasteiger charge is 2.21. The van der Waals surface area contributed by atoms with Gasteiger partial charge in [-0.05, 0) is 55.7 Å². The SMILES string of the molecule is CC[C@@H](NC(=O)c1ccc(N(C)S(=O)(=O)N(C)C)cc1)c1ccc(C)cc1C. The molecule has 0 saturated heterocycles. The van der Waals surface area contributed by atoms with Crippen LogP contribution in [0.3, 0.4) is 0 Å². The van der Waals surface area contributed by atoms with Crippen LogP contribution >= 0.6 is 0 Å². The number of amides is 1. The molecule has 1 atom stereocenters. The van der Waals surface area contributed by atoms with Crippen molar-refractivity contribution in [3.63, 3.8) is 0 Å². The average Bonchev–Trinajstić information content (AvgIpc) is 2.65. The topological polar surface area (TPSA) is 69.7 Å². The average molecular weight is 404 g/mol. The normalized spacial score (nSPS) is 12.7. The fourth-order valence-corrected chi connectivity index (χ4v) is 3.94. The first-order valence-electron chi connectivity index (χ1n) is 9.22. The second-order valence-electron chi connectivity index (χ2n) is 7.10. The maximum Gasteiger partial charge on any atom is 0.303 e. The second-order valence-corrected chi connectivity index (χ2v) is 9.27. The molecular formula is C21H29N3O3S. The lowest BCUT2D eigenvalue weighted by atomic mass is 9.97. The van der Waals surface area contributed by atoms with Crippen LogP contribution in [0.1, 0.15) is 46.4 Å². The Hall–Kier alpha value is -2.38. The van der Waals surface area contributed by atoms with E-state index in [0.29, 0.717) is 11.3 Å². The number of hydrogen-bond donors (Lipinski definition) is 1. The molecule has 0 radical (unpaired) electrons. The van der Waals surface area contributed by atoms with E-state index in [1.807, 2.05) is 26.8 Å². The smallest absolute Gasteiger partial charge is 0.303 e. The molecular weight excluding hydrogens is 374 g/mol. The number of nitrogens with zero attached hydrogens (tertiary/aromatic N) is 2. The number of anilines is 1. The summed E-state index contributed by atoms with van der Waals surface area (Å²) in [6, 6.07) is 12.7. The van der Waals surface area contributed by atoms with E-state index in [2.05, 4.69) is 17.4 Å². The molecule has 2 aromatic carbocycles. The summed E-state index contributed by atoms with van der Waals surface area (Å²) in [4.78, 5) is 12.7. The van der Waals surface area contributed by atoms with Crippen molar-refractivity contribution in [2.75, 3.05) is 25.4 Å². The van der Waals surface area contributed by atoms with Crippen molar-refractivity contribution >= 4 is 21.8 Å². The molecule has 0 unspecified atom stereocenters. The van der Waals surface area contributed by atoms with Crippen LogP contribution in [0.5, 0.6) is 0 Å². The molecule has 0 fully saturated rings. The molecule has 0 bridgehead atoms. The maximum atomic E-state index is 12.7. The number of carbonyl (C=O) groups excluding carboxylic acids is 1. The van der Waals surface area contributed by atoms with E-state index in [9.17, 15) is 13.2 Å². The summed E-state index contributed by atoms with van der Waals surface area (Å²) in [6.07, 6.45) is 0.775. The van der Waals surface area contributed by atoms with Gasteiger partial charge in [0.25, 0.3) is 5.91 Å². The van der Waals surface area contributed by atoms with Gasteiger partial charge in [-0.2, -0.15) is 12.7 Å². The third-order valence-electron chi connectivity index (χ3n) is 4.81. The molecule has 0 aromatic heterocycles. The van der Waals surface area contributed by atoms with Gasteiger partial charge < -0.3 is 5.32 Å². The van der Waals surface area contributed by atoms with Crippen LogP contribution in [0.15, 0.2) is 42.5 Å². The Morgan fingerprint density at radius 1 is 1.04 bits per heavy atom. The summed E-state index contributed by atoms with van der Waals surface area (Å²) in [7, 11) is 0.875. The third kappa shape index (κ3) is 4.72. The summed E-state index contributed by atoms with van der Waals surface area (Å²) in [5, 5.41) is 3.08. The Morgan fingerprint density at radius 3 is 2.14 bits per heavy atom. The van der Waals surface area contributed by atoms with Gasteiger partial charge in [-0.15, -0.1) is 0 Å². The van der Waals surface area contributed by atoms with Gasteiger partial charge in [-0.3, -0.25) is 9.10 Å². The number of nitrogens with one attached hydrogen (secondary N) is 1. The fourth-order valence-electron chi connectivity index (χ4n) is 3.06. The van der Waals surface area contributed by atoms with E-state index < -0.39 is 10.2 Å². The minimum absolute atomic E-state index is 0.0791. The first-order valence-corrected chi connectivity index (χ1v) is 10.6. The highest BCUT2D eigenvalue weighted by molar-refractivity contribution is 7.90. The van der Waals surface area contributed by atoms with Gasteiger partial charge >= 0.3 is 10.2 Å². The molecule has 0 spiro atoms. The Bertz CT molecular complexity index is 938. The lowest BCUT2D eigenvalue weighted by Crippen LogP contribution is -2.37. The molecule has 0 aliphatic heterocycles. The molecule has 152 valence electrons. The van der Waals surface area contributed by atoms with Gasteiger partial charge in [-0.25, -0.2) is 0 Å². The fraction of sp³-hybridized carbons (Fsp3) is 0.381. The number of hydrogen-bond acceptors (Lipinski definition) is 3. The quantitative estimate of drug-likeness (QED) is 0.770. The van der Waals surface area contributed by atoms with Crippen molar-refractivity contribution in [3.05, 3.63) is 64.7 Å². The molecule has 6 nitrogen and oxygen atoms in total. The maximum absolute atomic E-state index is 12.7. The molecule has 1 amide bonds. The highest BCUT2D eigenvalue weighted by Crippen LogP contribution is 2.23. The number of carbonyl (C=O) groups is 1. The Labute approximate surface area is 168 Å². The van der Waals surface area contributed by atoms with Crippen LogP contribution in [-0.2, 0) is 10.2 Å². The van der Waals surface area contributed by atoms with Crippen molar-refractivity contribution in [2.24, 2.45) is 0 Å². The second kappa shape index (κ2) is 8.75. The largest absolute Gasteiger partial charge is 0.345 e. The lowest BCUT2D eigenvalue weighted by Gasteiger charge is -2.23. The molecule has 0 saturated carbocycles. The van der Waals surface area contributed by atoms with Crippen LogP contribution < -0.4 is 9.62 Å². The predicted octanol–water partition coefficient (Wildman–Crippen LogP) is 3.43. The van der Waals surface area contributed by atoms with Crippen molar-refractivity contribution in [3.8, 4) is 0 Å². The van der Waals surface area contributed by atoms with Gasteiger partial charge in [0.15, 0.2) is 0 Å². The van der Waals surface area contributed by atoms with Crippen LogP contribution in [0.2, 0.25) is 0 Å². The van der Waals surface area contributed by atoms with Gasteiger partial charge in [0.2, 0.25) is 0 Å². The zero-order valence-corrected chi connectivity index (χ0v) is 18.2.